The monoisotopic (exact) mass is 362 g/mol. The molecule has 1 saturated carbocycles. The number of aliphatic carboxylic acids is 1. The number of ether oxygens (including phenoxy) is 1. The summed E-state index contributed by atoms with van der Waals surface area (Å²) in [4.78, 5) is 36.2. The molecular formula is C19H26N2O5. The highest BCUT2D eigenvalue weighted by Crippen LogP contribution is 2.25. The summed E-state index contributed by atoms with van der Waals surface area (Å²) < 4.78 is 4.90. The topological polar surface area (TPSA) is 105 Å². The molecule has 7 nitrogen and oxygen atoms in total. The average Bonchev–Trinajstić information content (AvgIpc) is 2.62. The van der Waals surface area contributed by atoms with E-state index >= 15 is 0 Å². The number of anilines is 1. The zero-order valence-electron chi connectivity index (χ0n) is 15.2. The molecule has 1 aliphatic carbocycles. The minimum Gasteiger partial charge on any atom is -0.479 e. The molecule has 0 saturated heterocycles. The molecular weight excluding hydrogens is 336 g/mol. The Balaban J connectivity index is 2.06. The second kappa shape index (κ2) is 8.80. The molecule has 0 aliphatic heterocycles. The number of carboxylic acids is 1. The standard InChI is InChI=1S/C19H26N2O5/c1-19(12-26-2,18(24)25)21-17(23)14-9-6-10-15(11-14)20-16(22)13-7-4-3-5-8-13/h6,9-11,13H,3-5,7-8,12H2,1-2H3,(H,20,22)(H,21,23)(H,24,25). The zero-order valence-corrected chi connectivity index (χ0v) is 15.2. The number of methoxy groups -OCH3 is 1. The highest BCUT2D eigenvalue weighted by molar-refractivity contribution is 6.00. The Morgan fingerprint density at radius 1 is 1.23 bits per heavy atom. The van der Waals surface area contributed by atoms with Gasteiger partial charge in [0.25, 0.3) is 5.91 Å². The fraction of sp³-hybridized carbons (Fsp3) is 0.526. The van der Waals surface area contributed by atoms with Gasteiger partial charge in [0, 0.05) is 24.3 Å². The SMILES string of the molecule is COCC(C)(NC(=O)c1cccc(NC(=O)C2CCCCC2)c1)C(=O)O. The van der Waals surface area contributed by atoms with Gasteiger partial charge in [0.15, 0.2) is 5.54 Å². The smallest absolute Gasteiger partial charge is 0.331 e. The molecule has 1 aromatic carbocycles. The van der Waals surface area contributed by atoms with E-state index < -0.39 is 17.4 Å². The number of benzene rings is 1. The number of hydrogen-bond donors (Lipinski definition) is 3. The van der Waals surface area contributed by atoms with Gasteiger partial charge >= 0.3 is 5.97 Å². The van der Waals surface area contributed by atoms with Gasteiger partial charge in [-0.3, -0.25) is 9.59 Å². The van der Waals surface area contributed by atoms with Crippen LogP contribution in [0, 0.1) is 5.92 Å². The Kier molecular flexibility index (Phi) is 6.74. The van der Waals surface area contributed by atoms with Crippen molar-refractivity contribution in [3.05, 3.63) is 29.8 Å². The zero-order chi connectivity index (χ0) is 19.2. The third-order valence-corrected chi connectivity index (χ3v) is 4.66. The number of carbonyl (C=O) groups is 3. The molecule has 1 aliphatic rings. The fourth-order valence-corrected chi connectivity index (χ4v) is 3.11. The van der Waals surface area contributed by atoms with Crippen LogP contribution in [0.1, 0.15) is 49.4 Å². The first-order chi connectivity index (χ1) is 12.4. The second-order valence-corrected chi connectivity index (χ2v) is 6.93. The van der Waals surface area contributed by atoms with Crippen molar-refractivity contribution in [2.45, 2.75) is 44.6 Å². The van der Waals surface area contributed by atoms with E-state index in [0.717, 1.165) is 25.7 Å². The highest BCUT2D eigenvalue weighted by Gasteiger charge is 2.35. The number of amides is 2. The van der Waals surface area contributed by atoms with Crippen LogP contribution in [0.4, 0.5) is 5.69 Å². The van der Waals surface area contributed by atoms with Crippen LogP contribution in [0.2, 0.25) is 0 Å². The quantitative estimate of drug-likeness (QED) is 0.691. The summed E-state index contributed by atoms with van der Waals surface area (Å²) in [5.74, 6) is -1.74. The first-order valence-electron chi connectivity index (χ1n) is 8.81. The van der Waals surface area contributed by atoms with E-state index in [1.165, 1.54) is 20.5 Å². The predicted molar refractivity (Wildman–Crippen MR) is 97.0 cm³/mol. The van der Waals surface area contributed by atoms with Crippen molar-refractivity contribution in [3.63, 3.8) is 0 Å². The van der Waals surface area contributed by atoms with Crippen molar-refractivity contribution in [2.75, 3.05) is 19.0 Å². The lowest BCUT2D eigenvalue weighted by molar-refractivity contribution is -0.145. The van der Waals surface area contributed by atoms with Crippen LogP contribution < -0.4 is 10.6 Å². The van der Waals surface area contributed by atoms with Crippen LogP contribution >= 0.6 is 0 Å². The minimum absolute atomic E-state index is 0.0123. The van der Waals surface area contributed by atoms with Crippen molar-refractivity contribution in [1.82, 2.24) is 5.32 Å². The van der Waals surface area contributed by atoms with Gasteiger partial charge in [-0.2, -0.15) is 0 Å². The van der Waals surface area contributed by atoms with E-state index in [2.05, 4.69) is 10.6 Å². The molecule has 0 aromatic heterocycles. The van der Waals surface area contributed by atoms with Crippen molar-refractivity contribution in [1.29, 1.82) is 0 Å². The maximum Gasteiger partial charge on any atom is 0.331 e. The average molecular weight is 362 g/mol. The summed E-state index contributed by atoms with van der Waals surface area (Å²) in [6.45, 7) is 1.22. The minimum atomic E-state index is -1.53. The normalized spacial score (nSPS) is 17.2. The van der Waals surface area contributed by atoms with Crippen LogP contribution in [0.25, 0.3) is 0 Å². The Hall–Kier alpha value is -2.41. The molecule has 142 valence electrons. The third-order valence-electron chi connectivity index (χ3n) is 4.66. The molecule has 1 aromatic rings. The van der Waals surface area contributed by atoms with Crippen LogP contribution in [-0.2, 0) is 14.3 Å². The molecule has 0 heterocycles. The van der Waals surface area contributed by atoms with Crippen molar-refractivity contribution in [2.24, 2.45) is 5.92 Å². The van der Waals surface area contributed by atoms with Gasteiger partial charge in [-0.25, -0.2) is 4.79 Å². The molecule has 7 heteroatoms. The van der Waals surface area contributed by atoms with Gasteiger partial charge < -0.3 is 20.5 Å². The molecule has 1 unspecified atom stereocenters. The summed E-state index contributed by atoms with van der Waals surface area (Å²) in [6.07, 6.45) is 5.07. The van der Waals surface area contributed by atoms with Gasteiger partial charge in [-0.05, 0) is 38.0 Å². The summed E-state index contributed by atoms with van der Waals surface area (Å²) >= 11 is 0. The molecule has 0 bridgehead atoms. The molecule has 3 N–H and O–H groups in total. The highest BCUT2D eigenvalue weighted by atomic mass is 16.5. The maximum absolute atomic E-state index is 12.4. The number of carboxylic acid groups (broad SMARTS) is 1. The van der Waals surface area contributed by atoms with Gasteiger partial charge in [-0.1, -0.05) is 25.3 Å². The van der Waals surface area contributed by atoms with E-state index in [4.69, 9.17) is 4.74 Å². The Morgan fingerprint density at radius 3 is 2.54 bits per heavy atom. The Morgan fingerprint density at radius 2 is 1.92 bits per heavy atom. The van der Waals surface area contributed by atoms with E-state index in [-0.39, 0.29) is 24.0 Å². The van der Waals surface area contributed by atoms with Crippen LogP contribution in [0.5, 0.6) is 0 Å². The largest absolute Gasteiger partial charge is 0.479 e. The predicted octanol–water partition coefficient (Wildman–Crippen LogP) is 2.42. The summed E-state index contributed by atoms with van der Waals surface area (Å²) in [7, 11) is 1.37. The second-order valence-electron chi connectivity index (χ2n) is 6.93. The van der Waals surface area contributed by atoms with Crippen LogP contribution in [0.15, 0.2) is 24.3 Å². The number of carbonyl (C=O) groups excluding carboxylic acids is 2. The summed E-state index contributed by atoms with van der Waals surface area (Å²) in [5, 5.41) is 14.7. The Labute approximate surface area is 153 Å². The van der Waals surface area contributed by atoms with Gasteiger partial charge in [-0.15, -0.1) is 0 Å². The van der Waals surface area contributed by atoms with Crippen LogP contribution in [0.3, 0.4) is 0 Å². The lowest BCUT2D eigenvalue weighted by Crippen LogP contribution is -2.55. The lowest BCUT2D eigenvalue weighted by Gasteiger charge is -2.25. The fourth-order valence-electron chi connectivity index (χ4n) is 3.11. The first-order valence-corrected chi connectivity index (χ1v) is 8.81. The summed E-state index contributed by atoms with van der Waals surface area (Å²) in [5.41, 5.74) is -0.736. The van der Waals surface area contributed by atoms with Gasteiger partial charge in [0.05, 0.1) is 6.61 Å². The lowest BCUT2D eigenvalue weighted by atomic mass is 9.88. The van der Waals surface area contributed by atoms with E-state index in [1.54, 1.807) is 24.3 Å². The van der Waals surface area contributed by atoms with Crippen molar-refractivity contribution < 1.29 is 24.2 Å². The number of hydrogen-bond acceptors (Lipinski definition) is 4. The van der Waals surface area contributed by atoms with E-state index in [0.29, 0.717) is 5.69 Å². The molecule has 2 amide bonds. The summed E-state index contributed by atoms with van der Waals surface area (Å²) in [6, 6.07) is 6.48. The third kappa shape index (κ3) is 5.05. The van der Waals surface area contributed by atoms with Crippen LogP contribution in [-0.4, -0.2) is 42.1 Å². The van der Waals surface area contributed by atoms with Crippen molar-refractivity contribution >= 4 is 23.5 Å². The molecule has 0 spiro atoms. The van der Waals surface area contributed by atoms with Gasteiger partial charge in [0.1, 0.15) is 0 Å². The van der Waals surface area contributed by atoms with Gasteiger partial charge in [0.2, 0.25) is 5.91 Å². The number of nitrogens with one attached hydrogen (secondary N) is 2. The van der Waals surface area contributed by atoms with E-state index in [1.807, 2.05) is 0 Å². The molecule has 1 atom stereocenters. The Bertz CT molecular complexity index is 670. The number of rotatable bonds is 7. The molecule has 0 radical (unpaired) electrons. The first kappa shape index (κ1) is 19.9. The molecule has 26 heavy (non-hydrogen) atoms. The molecule has 2 rings (SSSR count). The molecule has 1 fully saturated rings. The maximum atomic E-state index is 12.4. The van der Waals surface area contributed by atoms with Crippen molar-refractivity contribution in [3.8, 4) is 0 Å². The van der Waals surface area contributed by atoms with E-state index in [9.17, 15) is 19.5 Å².